The Balaban J connectivity index is 1.47. The van der Waals surface area contributed by atoms with Gasteiger partial charge in [0, 0.05) is 17.0 Å². The summed E-state index contributed by atoms with van der Waals surface area (Å²) in [5.74, 6) is 1.64. The van der Waals surface area contributed by atoms with Gasteiger partial charge in [-0.25, -0.2) is 4.98 Å². The van der Waals surface area contributed by atoms with Crippen LogP contribution in [0.3, 0.4) is 0 Å². The second-order valence-corrected chi connectivity index (χ2v) is 8.72. The monoisotopic (exact) mass is 365 g/mol. The highest BCUT2D eigenvalue weighted by Gasteiger charge is 2.39. The van der Waals surface area contributed by atoms with Crippen molar-refractivity contribution < 1.29 is 0 Å². The van der Waals surface area contributed by atoms with E-state index in [1.807, 2.05) is 24.3 Å². The SMILES string of the molecule is CC(C1CC1)N(Cc1nc2sc(-c3ccccc3)cc2c(=O)[nH]1)C1CC1. The fourth-order valence-electron chi connectivity index (χ4n) is 3.83. The molecule has 2 saturated carbocycles. The normalized spacial score (nSPS) is 18.5. The van der Waals surface area contributed by atoms with Gasteiger partial charge >= 0.3 is 0 Å². The Morgan fingerprint density at radius 2 is 2.00 bits per heavy atom. The van der Waals surface area contributed by atoms with E-state index in [1.165, 1.54) is 25.7 Å². The van der Waals surface area contributed by atoms with E-state index in [0.717, 1.165) is 33.6 Å². The number of nitrogens with zero attached hydrogens (tertiary/aromatic N) is 2. The van der Waals surface area contributed by atoms with Gasteiger partial charge in [0.1, 0.15) is 10.7 Å². The van der Waals surface area contributed by atoms with Crippen molar-refractivity contribution in [2.75, 3.05) is 0 Å². The number of fused-ring (bicyclic) bond motifs is 1. The van der Waals surface area contributed by atoms with E-state index in [0.29, 0.717) is 17.5 Å². The molecule has 134 valence electrons. The first-order chi connectivity index (χ1) is 12.7. The van der Waals surface area contributed by atoms with Crippen LogP contribution < -0.4 is 5.56 Å². The van der Waals surface area contributed by atoms with Gasteiger partial charge in [0.15, 0.2) is 0 Å². The van der Waals surface area contributed by atoms with E-state index < -0.39 is 0 Å². The van der Waals surface area contributed by atoms with Crippen LogP contribution in [0.15, 0.2) is 41.2 Å². The number of hydrogen-bond acceptors (Lipinski definition) is 4. The first-order valence-corrected chi connectivity index (χ1v) is 10.3. The van der Waals surface area contributed by atoms with Crippen molar-refractivity contribution in [2.24, 2.45) is 5.92 Å². The second kappa shape index (κ2) is 6.32. The molecule has 1 atom stereocenters. The van der Waals surface area contributed by atoms with Crippen molar-refractivity contribution in [3.63, 3.8) is 0 Å². The molecule has 1 aromatic carbocycles. The Labute approximate surface area is 156 Å². The highest BCUT2D eigenvalue weighted by atomic mass is 32.1. The summed E-state index contributed by atoms with van der Waals surface area (Å²) in [4.78, 5) is 25.0. The number of aromatic amines is 1. The third-order valence-electron chi connectivity index (χ3n) is 5.69. The van der Waals surface area contributed by atoms with Gasteiger partial charge in [0.2, 0.25) is 0 Å². The van der Waals surface area contributed by atoms with Crippen LogP contribution >= 0.6 is 11.3 Å². The molecule has 5 rings (SSSR count). The van der Waals surface area contributed by atoms with Crippen LogP contribution in [0.5, 0.6) is 0 Å². The van der Waals surface area contributed by atoms with Gasteiger partial charge in [0.05, 0.1) is 11.9 Å². The first kappa shape index (κ1) is 16.2. The standard InChI is InChI=1S/C21H23N3OS/c1-13(14-7-8-14)24(16-9-10-16)12-19-22-20(25)17-11-18(26-21(17)23-19)15-5-3-2-4-6-15/h2-6,11,13-14,16H,7-10,12H2,1H3,(H,22,23,25). The van der Waals surface area contributed by atoms with E-state index in [9.17, 15) is 4.79 Å². The molecule has 2 aromatic heterocycles. The molecule has 2 aliphatic rings. The van der Waals surface area contributed by atoms with E-state index in [-0.39, 0.29) is 5.56 Å². The molecular weight excluding hydrogens is 342 g/mol. The molecular formula is C21H23N3OS. The summed E-state index contributed by atoms with van der Waals surface area (Å²) in [6.07, 6.45) is 5.25. The second-order valence-electron chi connectivity index (χ2n) is 7.69. The molecule has 5 heteroatoms. The average Bonchev–Trinajstić information content (AvgIpc) is 3.57. The predicted octanol–water partition coefficient (Wildman–Crippen LogP) is 4.41. The maximum absolute atomic E-state index is 12.6. The third kappa shape index (κ3) is 3.10. The van der Waals surface area contributed by atoms with Gasteiger partial charge in [-0.2, -0.15) is 0 Å². The van der Waals surface area contributed by atoms with Gasteiger partial charge in [-0.05, 0) is 50.2 Å². The number of rotatable bonds is 6. The summed E-state index contributed by atoms with van der Waals surface area (Å²) < 4.78 is 0. The summed E-state index contributed by atoms with van der Waals surface area (Å²) in [7, 11) is 0. The van der Waals surface area contributed by atoms with Crippen molar-refractivity contribution in [1.82, 2.24) is 14.9 Å². The summed E-state index contributed by atoms with van der Waals surface area (Å²) in [5, 5.41) is 0.700. The lowest BCUT2D eigenvalue weighted by Crippen LogP contribution is -2.37. The van der Waals surface area contributed by atoms with Crippen LogP contribution in [-0.2, 0) is 6.54 Å². The van der Waals surface area contributed by atoms with Crippen molar-refractivity contribution in [1.29, 1.82) is 0 Å². The Hall–Kier alpha value is -1.98. The molecule has 0 radical (unpaired) electrons. The average molecular weight is 366 g/mol. The summed E-state index contributed by atoms with van der Waals surface area (Å²) in [5.41, 5.74) is 1.12. The van der Waals surface area contributed by atoms with Crippen molar-refractivity contribution in [3.05, 3.63) is 52.6 Å². The molecule has 0 amide bonds. The molecule has 2 fully saturated rings. The fraction of sp³-hybridized carbons (Fsp3) is 0.429. The topological polar surface area (TPSA) is 49.0 Å². The third-order valence-corrected chi connectivity index (χ3v) is 6.76. The molecule has 2 heterocycles. The quantitative estimate of drug-likeness (QED) is 0.704. The maximum Gasteiger partial charge on any atom is 0.259 e. The smallest absolute Gasteiger partial charge is 0.259 e. The zero-order valence-corrected chi connectivity index (χ0v) is 15.8. The largest absolute Gasteiger partial charge is 0.309 e. The van der Waals surface area contributed by atoms with Gasteiger partial charge in [-0.15, -0.1) is 11.3 Å². The lowest BCUT2D eigenvalue weighted by Gasteiger charge is -2.28. The lowest BCUT2D eigenvalue weighted by atomic mass is 10.1. The minimum absolute atomic E-state index is 0.0155. The van der Waals surface area contributed by atoms with Crippen LogP contribution in [-0.4, -0.2) is 27.0 Å². The first-order valence-electron chi connectivity index (χ1n) is 9.53. The molecule has 3 aromatic rings. The molecule has 1 unspecified atom stereocenters. The van der Waals surface area contributed by atoms with Crippen LogP contribution in [0.4, 0.5) is 0 Å². The molecule has 0 saturated heterocycles. The zero-order valence-electron chi connectivity index (χ0n) is 14.9. The maximum atomic E-state index is 12.6. The van der Waals surface area contributed by atoms with E-state index in [1.54, 1.807) is 11.3 Å². The molecule has 2 aliphatic carbocycles. The Morgan fingerprint density at radius 3 is 2.69 bits per heavy atom. The number of hydrogen-bond donors (Lipinski definition) is 1. The number of aromatic nitrogens is 2. The molecule has 4 nitrogen and oxygen atoms in total. The number of nitrogens with one attached hydrogen (secondary N) is 1. The van der Waals surface area contributed by atoms with Crippen LogP contribution in [0.25, 0.3) is 20.7 Å². The van der Waals surface area contributed by atoms with E-state index in [4.69, 9.17) is 4.98 Å². The highest BCUT2D eigenvalue weighted by Crippen LogP contribution is 2.40. The van der Waals surface area contributed by atoms with Gasteiger partial charge < -0.3 is 4.98 Å². The van der Waals surface area contributed by atoms with Crippen molar-refractivity contribution >= 4 is 21.6 Å². The Morgan fingerprint density at radius 1 is 1.23 bits per heavy atom. The minimum atomic E-state index is -0.0155. The number of thiophene rings is 1. The number of benzene rings is 1. The van der Waals surface area contributed by atoms with Crippen LogP contribution in [0.2, 0.25) is 0 Å². The summed E-state index contributed by atoms with van der Waals surface area (Å²) in [6, 6.07) is 13.4. The molecule has 0 spiro atoms. The van der Waals surface area contributed by atoms with Crippen molar-refractivity contribution in [2.45, 2.75) is 51.2 Å². The summed E-state index contributed by atoms with van der Waals surface area (Å²) in [6.45, 7) is 3.09. The van der Waals surface area contributed by atoms with Crippen LogP contribution in [0.1, 0.15) is 38.4 Å². The van der Waals surface area contributed by atoms with E-state index >= 15 is 0 Å². The molecule has 0 bridgehead atoms. The molecule has 26 heavy (non-hydrogen) atoms. The minimum Gasteiger partial charge on any atom is -0.309 e. The summed E-state index contributed by atoms with van der Waals surface area (Å²) >= 11 is 1.61. The van der Waals surface area contributed by atoms with Gasteiger partial charge in [-0.3, -0.25) is 9.69 Å². The fourth-order valence-corrected chi connectivity index (χ4v) is 4.89. The predicted molar refractivity (Wildman–Crippen MR) is 106 cm³/mol. The van der Waals surface area contributed by atoms with Gasteiger partial charge in [0.25, 0.3) is 5.56 Å². The Kier molecular flexibility index (Phi) is 3.94. The van der Waals surface area contributed by atoms with E-state index in [2.05, 4.69) is 28.9 Å². The Bertz CT molecular complexity index is 985. The number of H-pyrrole nitrogens is 1. The zero-order chi connectivity index (χ0) is 17.7. The highest BCUT2D eigenvalue weighted by molar-refractivity contribution is 7.21. The molecule has 0 aliphatic heterocycles. The lowest BCUT2D eigenvalue weighted by molar-refractivity contribution is 0.166. The molecule has 1 N–H and O–H groups in total. The van der Waals surface area contributed by atoms with Gasteiger partial charge in [-0.1, -0.05) is 30.3 Å². The van der Waals surface area contributed by atoms with Crippen LogP contribution in [0, 0.1) is 5.92 Å². The van der Waals surface area contributed by atoms with Crippen molar-refractivity contribution in [3.8, 4) is 10.4 Å².